The van der Waals surface area contributed by atoms with Crippen LogP contribution in [-0.4, -0.2) is 46.9 Å². The van der Waals surface area contributed by atoms with Crippen molar-refractivity contribution in [3.8, 4) is 0 Å². The van der Waals surface area contributed by atoms with Crippen molar-refractivity contribution in [1.29, 1.82) is 0 Å². The Morgan fingerprint density at radius 3 is 2.80 bits per heavy atom. The van der Waals surface area contributed by atoms with E-state index >= 15 is 0 Å². The highest BCUT2D eigenvalue weighted by Crippen LogP contribution is 2.04. The van der Waals surface area contributed by atoms with Crippen LogP contribution in [0.25, 0.3) is 11.0 Å². The molecular weight excluding hydrogens is 288 g/mol. The van der Waals surface area contributed by atoms with E-state index in [1.807, 2.05) is 0 Å². The van der Waals surface area contributed by atoms with Gasteiger partial charge < -0.3 is 20.4 Å². The molecule has 0 aromatic carbocycles. The fourth-order valence-electron chi connectivity index (χ4n) is 1.29. The molecule has 0 aliphatic carbocycles. The number of fused-ring (bicyclic) bond motifs is 1. The molecule has 2 aromatic rings. The number of nitrogens with two attached hydrogens (primary N) is 1. The van der Waals surface area contributed by atoms with Gasteiger partial charge in [0.25, 0.3) is 15.7 Å². The van der Waals surface area contributed by atoms with Crippen LogP contribution in [0.1, 0.15) is 6.92 Å². The van der Waals surface area contributed by atoms with Gasteiger partial charge in [-0.3, -0.25) is 9.35 Å². The summed E-state index contributed by atoms with van der Waals surface area (Å²) in [5.74, 6) is 0.0210. The first kappa shape index (κ1) is 16.1. The lowest BCUT2D eigenvalue weighted by molar-refractivity contribution is 0.162. The number of hydrogen-bond acceptors (Lipinski definition) is 6. The second-order valence-corrected chi connectivity index (χ2v) is 5.27. The van der Waals surface area contributed by atoms with Crippen molar-refractivity contribution in [3.05, 3.63) is 22.7 Å². The summed E-state index contributed by atoms with van der Waals surface area (Å²) in [5, 5.41) is 0. The van der Waals surface area contributed by atoms with Gasteiger partial charge in [-0.1, -0.05) is 0 Å². The van der Waals surface area contributed by atoms with E-state index in [9.17, 15) is 13.2 Å². The number of nitrogens with zero attached hydrogens (tertiary/aromatic N) is 1. The lowest BCUT2D eigenvalue weighted by Gasteiger charge is -1.95. The molecule has 0 fully saturated rings. The van der Waals surface area contributed by atoms with Crippen LogP contribution >= 0.6 is 0 Å². The number of H-pyrrole nitrogens is 2. The Labute approximate surface area is 114 Å². The van der Waals surface area contributed by atoms with Gasteiger partial charge in [0.05, 0.1) is 24.2 Å². The maximum atomic E-state index is 11.0. The van der Waals surface area contributed by atoms with E-state index in [2.05, 4.69) is 19.7 Å². The quantitative estimate of drug-likeness (QED) is 0.448. The van der Waals surface area contributed by atoms with E-state index < -0.39 is 10.1 Å². The van der Waals surface area contributed by atoms with Crippen molar-refractivity contribution >= 4 is 27.0 Å². The molecule has 0 saturated carbocycles. The number of ether oxygens (including phenoxy) is 1. The van der Waals surface area contributed by atoms with Crippen LogP contribution in [-0.2, 0) is 14.9 Å². The maximum Gasteiger partial charge on any atom is 0.277 e. The van der Waals surface area contributed by atoms with Crippen LogP contribution < -0.4 is 11.3 Å². The number of imidazole rings is 1. The highest BCUT2D eigenvalue weighted by molar-refractivity contribution is 7.85. The third kappa shape index (κ3) is 5.38. The summed E-state index contributed by atoms with van der Waals surface area (Å²) in [6.45, 7) is 2.29. The number of aromatic amines is 2. The summed E-state index contributed by atoms with van der Waals surface area (Å²) in [6, 6.07) is 1.63. The lowest BCUT2D eigenvalue weighted by Crippen LogP contribution is -2.10. The average Bonchev–Trinajstić information content (AvgIpc) is 2.77. The molecule has 2 heterocycles. The topological polar surface area (TPSA) is 151 Å². The van der Waals surface area contributed by atoms with Gasteiger partial charge in [0, 0.05) is 12.7 Å². The highest BCUT2D eigenvalue weighted by atomic mass is 32.2. The summed E-state index contributed by atoms with van der Waals surface area (Å²) in [7, 11) is -3.82. The van der Waals surface area contributed by atoms with E-state index in [1.54, 1.807) is 13.0 Å². The molecule has 2 aromatic heterocycles. The lowest BCUT2D eigenvalue weighted by atomic mass is 10.4. The molecule has 2 rings (SSSR count). The van der Waals surface area contributed by atoms with E-state index in [0.29, 0.717) is 23.5 Å². The predicted molar refractivity (Wildman–Crippen MR) is 74.0 cm³/mol. The number of aromatic nitrogens is 3. The maximum absolute atomic E-state index is 11.0. The van der Waals surface area contributed by atoms with Gasteiger partial charge in [-0.2, -0.15) is 8.42 Å². The normalized spacial score (nSPS) is 11.1. The zero-order valence-corrected chi connectivity index (χ0v) is 11.6. The minimum atomic E-state index is -3.82. The molecule has 0 atom stereocenters. The Balaban J connectivity index is 0.000000206. The molecule has 112 valence electrons. The molecular formula is C10H16N4O5S. The second-order valence-electron chi connectivity index (χ2n) is 3.70. The largest absolute Gasteiger partial charge is 0.385 e. The van der Waals surface area contributed by atoms with Gasteiger partial charge in [-0.25, -0.2) is 4.98 Å². The SMILES string of the molecule is CCOCCS(=O)(=O)O.Nc1cc2[nH]cnc2c(=O)[nH]1. The highest BCUT2D eigenvalue weighted by Gasteiger charge is 2.01. The Morgan fingerprint density at radius 2 is 2.20 bits per heavy atom. The average molecular weight is 304 g/mol. The van der Waals surface area contributed by atoms with Crippen LogP contribution in [0.3, 0.4) is 0 Å². The van der Waals surface area contributed by atoms with E-state index in [1.165, 1.54) is 6.33 Å². The minimum Gasteiger partial charge on any atom is -0.385 e. The van der Waals surface area contributed by atoms with Crippen LogP contribution in [0.4, 0.5) is 5.82 Å². The Kier molecular flexibility index (Phi) is 5.67. The molecule has 5 N–H and O–H groups in total. The summed E-state index contributed by atoms with van der Waals surface area (Å²) >= 11 is 0. The zero-order valence-electron chi connectivity index (χ0n) is 10.8. The van der Waals surface area contributed by atoms with Crippen LogP contribution in [0, 0.1) is 0 Å². The molecule has 0 aliphatic rings. The first-order valence-corrected chi connectivity index (χ1v) is 7.29. The van der Waals surface area contributed by atoms with Crippen molar-refractivity contribution in [2.75, 3.05) is 24.7 Å². The van der Waals surface area contributed by atoms with Gasteiger partial charge >= 0.3 is 0 Å². The molecule has 0 saturated heterocycles. The molecule has 0 bridgehead atoms. The second kappa shape index (κ2) is 7.03. The number of hydrogen-bond donors (Lipinski definition) is 4. The van der Waals surface area contributed by atoms with Crippen molar-refractivity contribution in [2.24, 2.45) is 0 Å². The van der Waals surface area contributed by atoms with E-state index in [4.69, 9.17) is 10.3 Å². The monoisotopic (exact) mass is 304 g/mol. The first-order chi connectivity index (χ1) is 9.33. The van der Waals surface area contributed by atoms with E-state index in [0.717, 1.165) is 0 Å². The zero-order chi connectivity index (χ0) is 15.2. The summed E-state index contributed by atoms with van der Waals surface area (Å²) in [6.07, 6.45) is 1.46. The summed E-state index contributed by atoms with van der Waals surface area (Å²) < 4.78 is 32.8. The fourth-order valence-corrected chi connectivity index (χ4v) is 1.61. The number of anilines is 1. The number of pyridine rings is 1. The van der Waals surface area contributed by atoms with Gasteiger partial charge in [-0.05, 0) is 6.92 Å². The van der Waals surface area contributed by atoms with Gasteiger partial charge in [0.2, 0.25) is 0 Å². The van der Waals surface area contributed by atoms with Crippen molar-refractivity contribution in [1.82, 2.24) is 15.0 Å². The van der Waals surface area contributed by atoms with E-state index in [-0.39, 0.29) is 17.9 Å². The molecule has 0 amide bonds. The molecule has 0 unspecified atom stereocenters. The van der Waals surface area contributed by atoms with Crippen LogP contribution in [0.15, 0.2) is 17.2 Å². The molecule has 0 radical (unpaired) electrons. The third-order valence-electron chi connectivity index (χ3n) is 2.13. The standard InChI is InChI=1S/C6H6N4O.C4H10O4S/c7-4-1-3-5(6(11)10-4)9-2-8-3;1-2-8-3-4-9(5,6)7/h1-2H,(H,8,9)(H3,7,10,11);2-4H2,1H3,(H,5,6,7). The smallest absolute Gasteiger partial charge is 0.277 e. The molecule has 0 aliphatic heterocycles. The molecule has 0 spiro atoms. The Bertz CT molecular complexity index is 706. The van der Waals surface area contributed by atoms with Crippen molar-refractivity contribution in [3.63, 3.8) is 0 Å². The van der Waals surface area contributed by atoms with Gasteiger partial charge in [0.1, 0.15) is 5.82 Å². The van der Waals surface area contributed by atoms with Gasteiger partial charge in [-0.15, -0.1) is 0 Å². The van der Waals surface area contributed by atoms with Crippen LogP contribution in [0.2, 0.25) is 0 Å². The number of rotatable bonds is 4. The molecule has 20 heavy (non-hydrogen) atoms. The number of nitrogen functional groups attached to an aromatic ring is 1. The number of nitrogens with one attached hydrogen (secondary N) is 2. The third-order valence-corrected chi connectivity index (χ3v) is 2.81. The first-order valence-electron chi connectivity index (χ1n) is 5.68. The van der Waals surface area contributed by atoms with Crippen LogP contribution in [0.5, 0.6) is 0 Å². The van der Waals surface area contributed by atoms with Gasteiger partial charge in [0.15, 0.2) is 5.52 Å². The Hall–Kier alpha value is -1.91. The summed E-state index contributed by atoms with van der Waals surface area (Å²) in [5.41, 5.74) is 6.16. The van der Waals surface area contributed by atoms with Crippen molar-refractivity contribution < 1.29 is 17.7 Å². The predicted octanol–water partition coefficient (Wildman–Crippen LogP) is -0.256. The fraction of sp³-hybridized carbons (Fsp3) is 0.400. The minimum absolute atomic E-state index is 0.0648. The Morgan fingerprint density at radius 1 is 1.50 bits per heavy atom. The molecule has 10 heteroatoms. The molecule has 9 nitrogen and oxygen atoms in total. The summed E-state index contributed by atoms with van der Waals surface area (Å²) in [4.78, 5) is 20.1. The van der Waals surface area contributed by atoms with Crippen molar-refractivity contribution in [2.45, 2.75) is 6.92 Å².